The van der Waals surface area contributed by atoms with E-state index in [4.69, 9.17) is 10.8 Å². The van der Waals surface area contributed by atoms with E-state index < -0.39 is 22.0 Å². The number of rotatable bonds is 13. The summed E-state index contributed by atoms with van der Waals surface area (Å²) in [4.78, 5) is 10.7. The van der Waals surface area contributed by atoms with Gasteiger partial charge in [0.2, 0.25) is 10.0 Å². The van der Waals surface area contributed by atoms with E-state index in [2.05, 4.69) is 20.7 Å². The van der Waals surface area contributed by atoms with Gasteiger partial charge in [-0.3, -0.25) is 9.52 Å². The highest BCUT2D eigenvalue weighted by molar-refractivity contribution is 9.09. The highest BCUT2D eigenvalue weighted by Gasteiger charge is 2.13. The molecule has 0 bridgehead atoms. The first kappa shape index (κ1) is 21.9. The summed E-state index contributed by atoms with van der Waals surface area (Å²) in [5.41, 5.74) is 6.71. The number of hydrogen-bond donors (Lipinski definition) is 3. The van der Waals surface area contributed by atoms with Crippen LogP contribution >= 0.6 is 15.9 Å². The first-order valence-corrected chi connectivity index (χ1v) is 11.3. The van der Waals surface area contributed by atoms with Crippen LogP contribution in [0.25, 0.3) is 0 Å². The number of nitrogens with one attached hydrogen (secondary N) is 1. The minimum Gasteiger partial charge on any atom is -0.480 e. The number of carboxylic acids is 1. The second kappa shape index (κ2) is 11.5. The summed E-state index contributed by atoms with van der Waals surface area (Å²) in [6.07, 6.45) is 6.29. The van der Waals surface area contributed by atoms with Gasteiger partial charge in [0, 0.05) is 11.0 Å². The Labute approximate surface area is 158 Å². The summed E-state index contributed by atoms with van der Waals surface area (Å²) in [6.45, 7) is 0. The van der Waals surface area contributed by atoms with Crippen LogP contribution in [0.1, 0.15) is 44.1 Å². The molecule has 8 heteroatoms. The van der Waals surface area contributed by atoms with Crippen LogP contribution in [-0.4, -0.2) is 36.6 Å². The van der Waals surface area contributed by atoms with Crippen LogP contribution in [0.2, 0.25) is 0 Å². The Morgan fingerprint density at radius 2 is 1.64 bits per heavy atom. The van der Waals surface area contributed by atoms with Gasteiger partial charge >= 0.3 is 5.97 Å². The summed E-state index contributed by atoms with van der Waals surface area (Å²) >= 11 is 3.39. The molecule has 0 radical (unpaired) electrons. The van der Waals surface area contributed by atoms with E-state index in [9.17, 15) is 13.2 Å². The standard InChI is InChI=1S/C17H27BrN2O4S/c18-11-5-3-1-2-4-6-12-25(23,24)20-15-9-7-14(8-10-15)13-16(19)17(21)22/h7-10,16,20H,1-6,11-13,19H2,(H,21,22). The van der Waals surface area contributed by atoms with Gasteiger partial charge in [-0.15, -0.1) is 0 Å². The number of unbranched alkanes of at least 4 members (excludes halogenated alkanes) is 5. The van der Waals surface area contributed by atoms with Gasteiger partial charge in [-0.25, -0.2) is 8.42 Å². The molecule has 0 aliphatic rings. The molecule has 1 rings (SSSR count). The number of halogens is 1. The van der Waals surface area contributed by atoms with Crippen molar-refractivity contribution in [2.45, 2.75) is 51.0 Å². The summed E-state index contributed by atoms with van der Waals surface area (Å²) in [5.74, 6) is -0.950. The molecule has 0 saturated carbocycles. The fraction of sp³-hybridized carbons (Fsp3) is 0.588. The van der Waals surface area contributed by atoms with E-state index in [0.717, 1.165) is 36.6 Å². The van der Waals surface area contributed by atoms with Gasteiger partial charge in [0.25, 0.3) is 0 Å². The molecule has 0 aliphatic heterocycles. The molecule has 0 heterocycles. The Morgan fingerprint density at radius 3 is 2.20 bits per heavy atom. The molecule has 4 N–H and O–H groups in total. The molecule has 0 saturated heterocycles. The Bertz CT molecular complexity index is 620. The van der Waals surface area contributed by atoms with Gasteiger partial charge in [0.15, 0.2) is 0 Å². The van der Waals surface area contributed by atoms with Crippen molar-refractivity contribution in [3.8, 4) is 0 Å². The van der Waals surface area contributed by atoms with E-state index in [1.807, 2.05) is 0 Å². The Kier molecular flexibility index (Phi) is 10.1. The summed E-state index contributed by atoms with van der Waals surface area (Å²) in [6, 6.07) is 5.66. The Balaban J connectivity index is 2.37. The van der Waals surface area contributed by atoms with E-state index in [0.29, 0.717) is 12.1 Å². The number of carboxylic acid groups (broad SMARTS) is 1. The van der Waals surface area contributed by atoms with E-state index in [1.54, 1.807) is 24.3 Å². The van der Waals surface area contributed by atoms with Gasteiger partial charge < -0.3 is 10.8 Å². The third kappa shape index (κ3) is 9.81. The second-order valence-electron chi connectivity index (χ2n) is 6.08. The monoisotopic (exact) mass is 434 g/mol. The number of sulfonamides is 1. The summed E-state index contributed by atoms with van der Waals surface area (Å²) in [5, 5.41) is 9.82. The molecular weight excluding hydrogens is 408 g/mol. The summed E-state index contributed by atoms with van der Waals surface area (Å²) < 4.78 is 26.7. The van der Waals surface area contributed by atoms with E-state index in [1.165, 1.54) is 6.42 Å². The largest absolute Gasteiger partial charge is 0.480 e. The molecule has 1 aromatic rings. The average Bonchev–Trinajstić information content (AvgIpc) is 2.55. The average molecular weight is 435 g/mol. The van der Waals surface area contributed by atoms with Gasteiger partial charge in [-0.1, -0.05) is 53.7 Å². The number of anilines is 1. The van der Waals surface area contributed by atoms with Gasteiger partial charge in [-0.05, 0) is 37.0 Å². The molecule has 0 spiro atoms. The third-order valence-corrected chi connectivity index (χ3v) is 5.73. The molecule has 0 fully saturated rings. The maximum Gasteiger partial charge on any atom is 0.320 e. The highest BCUT2D eigenvalue weighted by atomic mass is 79.9. The number of nitrogens with two attached hydrogens (primary N) is 1. The molecule has 1 unspecified atom stereocenters. The van der Waals surface area contributed by atoms with E-state index in [-0.39, 0.29) is 12.2 Å². The van der Waals surface area contributed by atoms with Crippen molar-refractivity contribution < 1.29 is 18.3 Å². The number of benzene rings is 1. The van der Waals surface area contributed by atoms with Crippen molar-refractivity contribution in [3.63, 3.8) is 0 Å². The van der Waals surface area contributed by atoms with Crippen molar-refractivity contribution in [2.24, 2.45) is 5.73 Å². The van der Waals surface area contributed by atoms with Crippen molar-refractivity contribution in [1.82, 2.24) is 0 Å². The zero-order chi connectivity index (χ0) is 18.7. The van der Waals surface area contributed by atoms with Crippen LogP contribution in [0.15, 0.2) is 24.3 Å². The third-order valence-electron chi connectivity index (χ3n) is 3.80. The molecule has 1 atom stereocenters. The van der Waals surface area contributed by atoms with Crippen molar-refractivity contribution in [2.75, 3.05) is 15.8 Å². The van der Waals surface area contributed by atoms with E-state index >= 15 is 0 Å². The second-order valence-corrected chi connectivity index (χ2v) is 8.71. The van der Waals surface area contributed by atoms with Gasteiger partial charge in [0.1, 0.15) is 6.04 Å². The molecule has 142 valence electrons. The number of hydrogen-bond acceptors (Lipinski definition) is 4. The maximum atomic E-state index is 12.1. The van der Waals surface area contributed by atoms with Crippen LogP contribution in [-0.2, 0) is 21.2 Å². The quantitative estimate of drug-likeness (QED) is 0.326. The number of aliphatic carboxylic acids is 1. The van der Waals surface area contributed by atoms with Gasteiger partial charge in [0.05, 0.1) is 5.75 Å². The minimum atomic E-state index is -3.36. The molecule has 0 aromatic heterocycles. The van der Waals surface area contributed by atoms with Crippen molar-refractivity contribution in [1.29, 1.82) is 0 Å². The molecule has 0 aliphatic carbocycles. The highest BCUT2D eigenvalue weighted by Crippen LogP contribution is 2.14. The molecular formula is C17H27BrN2O4S. The van der Waals surface area contributed by atoms with Crippen molar-refractivity contribution in [3.05, 3.63) is 29.8 Å². The molecule has 1 aromatic carbocycles. The van der Waals surface area contributed by atoms with Crippen LogP contribution in [0.4, 0.5) is 5.69 Å². The van der Waals surface area contributed by atoms with Crippen LogP contribution < -0.4 is 10.5 Å². The fourth-order valence-electron chi connectivity index (χ4n) is 2.37. The topological polar surface area (TPSA) is 109 Å². The van der Waals surface area contributed by atoms with Crippen LogP contribution in [0, 0.1) is 0 Å². The Morgan fingerprint density at radius 1 is 1.08 bits per heavy atom. The van der Waals surface area contributed by atoms with Gasteiger partial charge in [-0.2, -0.15) is 0 Å². The minimum absolute atomic E-state index is 0.108. The normalized spacial score (nSPS) is 12.7. The zero-order valence-corrected chi connectivity index (χ0v) is 16.7. The smallest absolute Gasteiger partial charge is 0.320 e. The lowest BCUT2D eigenvalue weighted by molar-refractivity contribution is -0.138. The molecule has 25 heavy (non-hydrogen) atoms. The molecule has 0 amide bonds. The number of carbonyl (C=O) groups is 1. The Hall–Kier alpha value is -1.12. The lowest BCUT2D eigenvalue weighted by Crippen LogP contribution is -2.32. The predicted octanol–water partition coefficient (Wildman–Crippen LogP) is 3.12. The SMILES string of the molecule is NC(Cc1ccc(NS(=O)(=O)CCCCCCCCBr)cc1)C(=O)O. The first-order chi connectivity index (χ1) is 11.8. The first-order valence-electron chi connectivity index (χ1n) is 8.48. The fourth-order valence-corrected chi connectivity index (χ4v) is 3.95. The zero-order valence-electron chi connectivity index (χ0n) is 14.3. The lowest BCUT2D eigenvalue weighted by Gasteiger charge is -2.10. The lowest BCUT2D eigenvalue weighted by atomic mass is 10.1. The maximum absolute atomic E-state index is 12.1. The van der Waals surface area contributed by atoms with Crippen molar-refractivity contribution >= 4 is 37.6 Å². The summed E-state index contributed by atoms with van der Waals surface area (Å²) in [7, 11) is -3.36. The number of alkyl halides is 1. The predicted molar refractivity (Wildman–Crippen MR) is 105 cm³/mol. The van der Waals surface area contributed by atoms with Crippen LogP contribution in [0.5, 0.6) is 0 Å². The molecule has 6 nitrogen and oxygen atoms in total. The van der Waals surface area contributed by atoms with Crippen LogP contribution in [0.3, 0.4) is 0 Å².